The molecule has 2 aromatic carbocycles. The van der Waals surface area contributed by atoms with E-state index in [1.165, 1.54) is 153 Å². The van der Waals surface area contributed by atoms with Gasteiger partial charge >= 0.3 is 0 Å². The third kappa shape index (κ3) is 16.9. The van der Waals surface area contributed by atoms with Gasteiger partial charge in [0.05, 0.1) is 66.9 Å². The molecule has 37 nitrogen and oxygen atoms in total. The third-order valence-electron chi connectivity index (χ3n) is 28.1. The highest BCUT2D eigenvalue weighted by molar-refractivity contribution is 5.70. The number of aromatic nitrogens is 27. The fraction of sp³-hybridized carbons (Fsp3) is 0.516. The molecular formula is C93H118FN37. The highest BCUT2D eigenvalue weighted by Gasteiger charge is 2.45. The van der Waals surface area contributed by atoms with Gasteiger partial charge in [-0.05, 0) is 171 Å². The molecular weight excluding hydrogens is 1650 g/mol. The van der Waals surface area contributed by atoms with E-state index in [1.807, 2.05) is 97.5 Å². The number of hydrogen-bond acceptors (Lipinski definition) is 31. The number of nitrogens with zero attached hydrogens (tertiary/aromatic N) is 32. The first kappa shape index (κ1) is 85.8. The molecule has 13 aromatic rings. The zero-order valence-electron chi connectivity index (χ0n) is 75.9. The molecule has 5 atom stereocenters. The molecule has 38 heteroatoms. The van der Waals surface area contributed by atoms with Crippen molar-refractivity contribution in [2.24, 2.45) is 0 Å². The van der Waals surface area contributed by atoms with Crippen molar-refractivity contribution >= 4 is 70.2 Å². The second-order valence-electron chi connectivity index (χ2n) is 35.8. The molecule has 0 saturated heterocycles. The Hall–Kier alpha value is -13.3. The van der Waals surface area contributed by atoms with E-state index < -0.39 is 0 Å². The van der Waals surface area contributed by atoms with Gasteiger partial charge in [-0.15, -0.1) is 51.0 Å². The number of nitrogens with one attached hydrogen (secondary N) is 5. The van der Waals surface area contributed by atoms with Crippen LogP contribution in [0, 0.1) is 5.82 Å². The predicted octanol–water partition coefficient (Wildman–Crippen LogP) is 17.0. The van der Waals surface area contributed by atoms with Gasteiger partial charge in [0.15, 0.2) is 58.2 Å². The second kappa shape index (κ2) is 38.4. The molecule has 24 rings (SSSR count). The van der Waals surface area contributed by atoms with E-state index in [1.54, 1.807) is 50.0 Å². The smallest absolute Gasteiger partial charge is 0.229 e. The minimum absolute atomic E-state index is 0.145. The van der Waals surface area contributed by atoms with Crippen LogP contribution in [0.2, 0.25) is 0 Å². The van der Waals surface area contributed by atoms with Gasteiger partial charge in [0.25, 0.3) is 0 Å². The largest absolute Gasteiger partial charge is 0.357 e. The van der Waals surface area contributed by atoms with Crippen LogP contribution >= 0.6 is 0 Å². The number of hydrogen-bond donors (Lipinski definition) is 5. The quantitative estimate of drug-likeness (QED) is 0.0473. The fourth-order valence-electron chi connectivity index (χ4n) is 21.9. The molecule has 6 aliphatic carbocycles. The molecule has 11 aliphatic rings. The Kier molecular flexibility index (Phi) is 25.1. The highest BCUT2D eigenvalue weighted by Crippen LogP contribution is 2.50. The van der Waals surface area contributed by atoms with Crippen LogP contribution in [0.3, 0.4) is 0 Å². The van der Waals surface area contributed by atoms with Crippen molar-refractivity contribution in [3.8, 4) is 34.1 Å². The lowest BCUT2D eigenvalue weighted by molar-refractivity contribution is 0.469. The van der Waals surface area contributed by atoms with E-state index in [0.29, 0.717) is 60.0 Å². The maximum atomic E-state index is 13.2. The minimum atomic E-state index is -0.268. The summed E-state index contributed by atoms with van der Waals surface area (Å²) in [6, 6.07) is 20.3. The second-order valence-corrected chi connectivity index (χ2v) is 35.8. The maximum absolute atomic E-state index is 13.2. The number of benzene rings is 2. The fourth-order valence-corrected chi connectivity index (χ4v) is 21.9. The molecule has 6 saturated carbocycles. The first-order valence-electron chi connectivity index (χ1n) is 47.9. The Morgan fingerprint density at radius 1 is 0.344 bits per heavy atom. The van der Waals surface area contributed by atoms with E-state index in [0.717, 1.165) is 161 Å². The van der Waals surface area contributed by atoms with Gasteiger partial charge in [-0.2, -0.15) is 30.0 Å². The molecule has 0 amide bonds. The summed E-state index contributed by atoms with van der Waals surface area (Å²) in [5.74, 6) is 12.8. The first-order valence-corrected chi connectivity index (χ1v) is 47.9. The minimum Gasteiger partial charge on any atom is -0.357 e. The molecule has 0 radical (unpaired) electrons. The summed E-state index contributed by atoms with van der Waals surface area (Å²) >= 11 is 0. The molecule has 0 bridgehead atoms. The highest BCUT2D eigenvalue weighted by atomic mass is 19.1. The van der Waals surface area contributed by atoms with Gasteiger partial charge in [0.2, 0.25) is 29.7 Å². The Balaban J connectivity index is 0.000000103. The lowest BCUT2D eigenvalue weighted by atomic mass is 10.0. The first-order chi connectivity index (χ1) is 64.6. The summed E-state index contributed by atoms with van der Waals surface area (Å²) < 4.78 is 25.2. The maximum Gasteiger partial charge on any atom is 0.229 e. The summed E-state index contributed by atoms with van der Waals surface area (Å²) in [5, 5.41) is 63.5. The normalized spacial score (nSPS) is 20.1. The molecule has 5 N–H and O–H groups in total. The molecule has 131 heavy (non-hydrogen) atoms. The number of fused-ring (bicyclic) bond motifs is 15. The van der Waals surface area contributed by atoms with Crippen molar-refractivity contribution in [3.05, 3.63) is 165 Å². The van der Waals surface area contributed by atoms with Crippen LogP contribution in [0.25, 0.3) is 34.1 Å². The van der Waals surface area contributed by atoms with E-state index in [-0.39, 0.29) is 36.0 Å². The average Bonchev–Trinajstić information content (AvgIpc) is 1.65. The van der Waals surface area contributed by atoms with Gasteiger partial charge in [-0.25, -0.2) is 34.0 Å². The Bertz CT molecular complexity index is 5990. The van der Waals surface area contributed by atoms with Crippen molar-refractivity contribution in [2.75, 3.05) is 64.7 Å². The summed E-state index contributed by atoms with van der Waals surface area (Å²) in [4.78, 5) is 59.4. The molecule has 16 heterocycles. The van der Waals surface area contributed by atoms with Gasteiger partial charge in [-0.3, -0.25) is 22.8 Å². The Morgan fingerprint density at radius 3 is 0.947 bits per heavy atom. The van der Waals surface area contributed by atoms with Gasteiger partial charge in [0.1, 0.15) is 65.9 Å². The van der Waals surface area contributed by atoms with Crippen molar-refractivity contribution in [1.29, 1.82) is 0 Å². The summed E-state index contributed by atoms with van der Waals surface area (Å²) in [5.41, 5.74) is 7.52. The summed E-state index contributed by atoms with van der Waals surface area (Å²) in [6.07, 6.45) is 56.7. The van der Waals surface area contributed by atoms with E-state index >= 15 is 0 Å². The van der Waals surface area contributed by atoms with Crippen LogP contribution in [0.1, 0.15) is 287 Å². The van der Waals surface area contributed by atoms with Gasteiger partial charge in [-0.1, -0.05) is 112 Å². The van der Waals surface area contributed by atoms with Crippen LogP contribution in [0.15, 0.2) is 130 Å². The van der Waals surface area contributed by atoms with E-state index in [2.05, 4.69) is 178 Å². The Morgan fingerprint density at radius 2 is 0.634 bits per heavy atom. The van der Waals surface area contributed by atoms with E-state index in [4.69, 9.17) is 24.9 Å². The van der Waals surface area contributed by atoms with Gasteiger partial charge in [0, 0.05) is 73.6 Å². The molecule has 0 unspecified atom stereocenters. The predicted molar refractivity (Wildman–Crippen MR) is 500 cm³/mol. The molecule has 6 fully saturated rings. The molecule has 682 valence electrons. The number of rotatable bonds is 20. The van der Waals surface area contributed by atoms with Crippen molar-refractivity contribution in [2.45, 2.75) is 294 Å². The van der Waals surface area contributed by atoms with Crippen LogP contribution in [0.4, 0.5) is 74.6 Å². The Labute approximate surface area is 761 Å². The van der Waals surface area contributed by atoms with Crippen molar-refractivity contribution < 1.29 is 4.39 Å². The molecule has 5 aliphatic heterocycles. The van der Waals surface area contributed by atoms with Crippen LogP contribution < -0.4 is 51.1 Å². The molecule has 0 spiro atoms. The average molecular weight is 1770 g/mol. The van der Waals surface area contributed by atoms with Crippen LogP contribution in [-0.4, -0.2) is 183 Å². The standard InChI is InChI=1S/C23H25N9.C20H22FN7.C19H27N7.C16H23N7.C15H21N7/c1-2-19-22-29-25-15-30(22)20-14-24-23(28-21(20)32(19)18-6-3-4-7-18)27-16-8-10-17(11-9-16)31-13-5-12-26-31;1-2-16-19-26-23-12-27(19)17-11-22-20(24-14-9-7-13(21)8-10-14)25-18(17)28(16)15-5-3-4-6-15;1-2-15-18-24-21-12-25(18)16-11-20-19(22-13-7-3-4-8-13)23-17(16)26(15)14-9-5-6-10-14;1-3-12-15-21-19-10-22(15)13-9-18-16(17-4-2)20-14(13)23(12)11-7-5-6-8-11;1-3-11-14-20-18-9-21(14)12-8-17-15(16-2)19-13(12)22(11)10-6-4-5-7-10/h5,8-15,18-19H,2-4,6-7H2,1H3,(H,24,27,28);7-12,15-16H,2-6H2,1H3,(H,22,24,25);11-15H,2-10H2,1H3,(H,20,22,23);9-12H,3-8H2,1-2H3,(H,17,18,20);8-11H,3-7H2,1-2H3,(H,16,17,19)/t19-;16-;15-;12-;11-/m11111/s1. The van der Waals surface area contributed by atoms with Crippen LogP contribution in [-0.2, 0) is 0 Å². The SMILES string of the molecule is CCNc1ncc2c(n1)N(C1CCCC1)[C@H](CC)c1nncn1-2.CC[C@@H]1c2nncn2-c2cnc(NC)nc2N1C1CCCC1.CC[C@@H]1c2nncn2-c2cnc(NC3CCCC3)nc2N1C1CCCC1.CC[C@@H]1c2nncn2-c2cnc(Nc3ccc(-n4cccn4)cc3)nc2N1C1CCCC1.CC[C@@H]1c2nncn2-c2cnc(Nc3ccc(F)cc3)nc2N1C1CCCC1. The zero-order valence-corrected chi connectivity index (χ0v) is 75.9. The van der Waals surface area contributed by atoms with Crippen molar-refractivity contribution in [1.82, 2.24) is 133 Å². The lowest BCUT2D eigenvalue weighted by Gasteiger charge is -2.40. The van der Waals surface area contributed by atoms with Crippen molar-refractivity contribution in [3.63, 3.8) is 0 Å². The number of anilines is 12. The molecule has 11 aromatic heterocycles. The third-order valence-corrected chi connectivity index (χ3v) is 28.1. The lowest BCUT2D eigenvalue weighted by Crippen LogP contribution is -2.42. The van der Waals surface area contributed by atoms with Gasteiger partial charge < -0.3 is 51.1 Å². The summed E-state index contributed by atoms with van der Waals surface area (Å²) in [6.45, 7) is 13.9. The topological polar surface area (TPSA) is 377 Å². The monoisotopic (exact) mass is 1770 g/mol. The zero-order chi connectivity index (χ0) is 89.0. The van der Waals surface area contributed by atoms with Crippen LogP contribution in [0.5, 0.6) is 0 Å². The van der Waals surface area contributed by atoms with E-state index in [9.17, 15) is 4.39 Å². The number of halogens is 1. The summed E-state index contributed by atoms with van der Waals surface area (Å²) in [7, 11) is 1.85.